The first-order valence-electron chi connectivity index (χ1n) is 11.2. The summed E-state index contributed by atoms with van der Waals surface area (Å²) in [7, 11) is -3.76. The molecule has 4 rings (SSSR count). The fourth-order valence-electron chi connectivity index (χ4n) is 4.16. The number of nitrogens with zero attached hydrogens (tertiary/aromatic N) is 2. The topological polar surface area (TPSA) is 92.1 Å². The molecule has 2 aromatic carbocycles. The van der Waals surface area contributed by atoms with Crippen molar-refractivity contribution in [1.29, 1.82) is 0 Å². The normalized spacial score (nSPS) is 14.9. The Kier molecular flexibility index (Phi) is 6.92. The van der Waals surface area contributed by atoms with E-state index in [1.54, 1.807) is 31.2 Å². The van der Waals surface area contributed by atoms with Crippen LogP contribution in [0.4, 0.5) is 15.8 Å². The van der Waals surface area contributed by atoms with E-state index in [0.717, 1.165) is 0 Å². The lowest BCUT2D eigenvalue weighted by Gasteiger charge is -2.28. The molecular weight excluding hydrogens is 461 g/mol. The third-order valence-corrected chi connectivity index (χ3v) is 7.94. The van der Waals surface area contributed by atoms with Gasteiger partial charge in [-0.05, 0) is 45.0 Å². The fourth-order valence-corrected chi connectivity index (χ4v) is 5.59. The van der Waals surface area contributed by atoms with Crippen molar-refractivity contribution >= 4 is 38.3 Å². The van der Waals surface area contributed by atoms with Crippen molar-refractivity contribution in [3.05, 3.63) is 53.5 Å². The van der Waals surface area contributed by atoms with E-state index in [0.29, 0.717) is 48.6 Å². The number of sulfonamides is 1. The molecule has 1 aliphatic rings. The zero-order valence-corrected chi connectivity index (χ0v) is 20.2. The third-order valence-electron chi connectivity index (χ3n) is 6.05. The van der Waals surface area contributed by atoms with Gasteiger partial charge in [-0.3, -0.25) is 4.79 Å². The molecule has 0 aliphatic carbocycles. The zero-order valence-electron chi connectivity index (χ0n) is 19.4. The molecule has 34 heavy (non-hydrogen) atoms. The van der Waals surface area contributed by atoms with Gasteiger partial charge in [0, 0.05) is 37.1 Å². The van der Waals surface area contributed by atoms with Crippen molar-refractivity contribution < 1.29 is 26.8 Å². The molecule has 3 aromatic rings. The number of carbonyl (C=O) groups excluding carboxylic acids is 1. The van der Waals surface area contributed by atoms with Crippen LogP contribution in [0.2, 0.25) is 0 Å². The molecule has 10 heteroatoms. The van der Waals surface area contributed by atoms with E-state index in [1.807, 2.05) is 18.7 Å². The summed E-state index contributed by atoms with van der Waals surface area (Å²) >= 11 is 0. The molecule has 1 amide bonds. The van der Waals surface area contributed by atoms with Crippen molar-refractivity contribution in [3.8, 4) is 0 Å². The molecule has 0 bridgehead atoms. The number of hydrogen-bond donors (Lipinski definition) is 1. The van der Waals surface area contributed by atoms with Crippen LogP contribution in [0.3, 0.4) is 0 Å². The SMILES string of the molecule is CCN(CC)c1ccc(S(=O)(=O)N2CCOCC2)cc1NC(=O)c1oc2c(F)cccc2c1C. The number of benzene rings is 2. The average molecular weight is 490 g/mol. The lowest BCUT2D eigenvalue weighted by Crippen LogP contribution is -2.40. The molecule has 1 N–H and O–H groups in total. The first-order valence-corrected chi connectivity index (χ1v) is 12.7. The van der Waals surface area contributed by atoms with E-state index >= 15 is 0 Å². The second-order valence-corrected chi connectivity index (χ2v) is 9.93. The number of fused-ring (bicyclic) bond motifs is 1. The van der Waals surface area contributed by atoms with Gasteiger partial charge in [0.1, 0.15) is 0 Å². The Morgan fingerprint density at radius 2 is 1.85 bits per heavy atom. The molecular formula is C24H28FN3O5S. The quantitative estimate of drug-likeness (QED) is 0.539. The van der Waals surface area contributed by atoms with Crippen LogP contribution in [0.25, 0.3) is 11.0 Å². The number of nitrogens with one attached hydrogen (secondary N) is 1. The summed E-state index contributed by atoms with van der Waals surface area (Å²) in [6, 6.07) is 9.22. The Hall–Kier alpha value is -2.95. The van der Waals surface area contributed by atoms with Gasteiger partial charge in [-0.1, -0.05) is 12.1 Å². The fraction of sp³-hybridized carbons (Fsp3) is 0.375. The van der Waals surface area contributed by atoms with Gasteiger partial charge in [0.25, 0.3) is 5.91 Å². The van der Waals surface area contributed by atoms with E-state index < -0.39 is 21.7 Å². The second kappa shape index (κ2) is 9.73. The number of rotatable bonds is 7. The number of anilines is 2. The van der Waals surface area contributed by atoms with Crippen LogP contribution in [0, 0.1) is 12.7 Å². The van der Waals surface area contributed by atoms with Crippen LogP contribution in [-0.2, 0) is 14.8 Å². The van der Waals surface area contributed by atoms with Crippen molar-refractivity contribution in [2.24, 2.45) is 0 Å². The highest BCUT2D eigenvalue weighted by Gasteiger charge is 2.28. The standard InChI is InChI=1S/C24H28FN3O5S/c1-4-27(5-2)21-10-9-17(34(30,31)28-11-13-32-14-12-28)15-20(21)26-24(29)22-16(3)18-7-6-8-19(25)23(18)33-22/h6-10,15H,4-5,11-14H2,1-3H3,(H,26,29). The molecule has 1 aromatic heterocycles. The molecule has 0 saturated carbocycles. The predicted molar refractivity (Wildman–Crippen MR) is 128 cm³/mol. The minimum Gasteiger partial charge on any atom is -0.448 e. The van der Waals surface area contributed by atoms with E-state index in [9.17, 15) is 17.6 Å². The maximum absolute atomic E-state index is 14.2. The Morgan fingerprint density at radius 1 is 1.15 bits per heavy atom. The van der Waals surface area contributed by atoms with Crippen LogP contribution in [-0.4, -0.2) is 58.0 Å². The van der Waals surface area contributed by atoms with Crippen LogP contribution < -0.4 is 10.2 Å². The highest BCUT2D eigenvalue weighted by atomic mass is 32.2. The van der Waals surface area contributed by atoms with Gasteiger partial charge < -0.3 is 19.4 Å². The van der Waals surface area contributed by atoms with Crippen molar-refractivity contribution in [1.82, 2.24) is 4.31 Å². The molecule has 2 heterocycles. The number of morpholine rings is 1. The molecule has 0 radical (unpaired) electrons. The van der Waals surface area contributed by atoms with E-state index in [-0.39, 0.29) is 29.3 Å². The highest BCUT2D eigenvalue weighted by Crippen LogP contribution is 2.33. The molecule has 0 spiro atoms. The van der Waals surface area contributed by atoms with Crippen molar-refractivity contribution in [2.75, 3.05) is 49.6 Å². The summed E-state index contributed by atoms with van der Waals surface area (Å²) in [5.74, 6) is -1.16. The third kappa shape index (κ3) is 4.40. The lowest BCUT2D eigenvalue weighted by molar-refractivity contribution is 0.0730. The highest BCUT2D eigenvalue weighted by molar-refractivity contribution is 7.89. The molecule has 1 aliphatic heterocycles. The van der Waals surface area contributed by atoms with Gasteiger partial charge in [0.2, 0.25) is 10.0 Å². The number of carbonyl (C=O) groups is 1. The van der Waals surface area contributed by atoms with Gasteiger partial charge >= 0.3 is 0 Å². The summed E-state index contributed by atoms with van der Waals surface area (Å²) in [4.78, 5) is 15.3. The minimum absolute atomic E-state index is 0.0118. The second-order valence-electron chi connectivity index (χ2n) is 7.99. The number of amides is 1. The number of para-hydroxylation sites is 1. The lowest BCUT2D eigenvalue weighted by atomic mass is 10.1. The van der Waals surface area contributed by atoms with Gasteiger partial charge in [0.05, 0.1) is 29.5 Å². The molecule has 0 unspecified atom stereocenters. The van der Waals surface area contributed by atoms with Gasteiger partial charge in [-0.15, -0.1) is 0 Å². The number of halogens is 1. The van der Waals surface area contributed by atoms with Crippen molar-refractivity contribution in [3.63, 3.8) is 0 Å². The Morgan fingerprint density at radius 3 is 2.50 bits per heavy atom. The van der Waals surface area contributed by atoms with Crippen LogP contribution in [0.5, 0.6) is 0 Å². The zero-order chi connectivity index (χ0) is 24.5. The van der Waals surface area contributed by atoms with Crippen LogP contribution in [0.15, 0.2) is 45.7 Å². The summed E-state index contributed by atoms with van der Waals surface area (Å²) in [6.45, 7) is 8.15. The number of hydrogen-bond acceptors (Lipinski definition) is 6. The Balaban J connectivity index is 1.74. The molecule has 1 saturated heterocycles. The summed E-state index contributed by atoms with van der Waals surface area (Å²) in [5.41, 5.74) is 1.54. The molecule has 0 atom stereocenters. The van der Waals surface area contributed by atoms with Crippen LogP contribution in [0.1, 0.15) is 30.0 Å². The first kappa shape index (κ1) is 24.2. The Labute approximate surface area is 198 Å². The summed E-state index contributed by atoms with van der Waals surface area (Å²) in [6.07, 6.45) is 0. The molecule has 1 fully saturated rings. The molecule has 182 valence electrons. The summed E-state index contributed by atoms with van der Waals surface area (Å²) in [5, 5.41) is 3.32. The van der Waals surface area contributed by atoms with E-state index in [2.05, 4.69) is 5.32 Å². The minimum atomic E-state index is -3.76. The van der Waals surface area contributed by atoms with E-state index in [4.69, 9.17) is 9.15 Å². The summed E-state index contributed by atoms with van der Waals surface area (Å²) < 4.78 is 52.8. The Bertz CT molecular complexity index is 1310. The maximum atomic E-state index is 14.2. The average Bonchev–Trinajstić information content (AvgIpc) is 3.19. The van der Waals surface area contributed by atoms with Gasteiger partial charge in [0.15, 0.2) is 17.2 Å². The largest absolute Gasteiger partial charge is 0.448 e. The number of furan rings is 1. The predicted octanol–water partition coefficient (Wildman–Crippen LogP) is 4.00. The van der Waals surface area contributed by atoms with Crippen molar-refractivity contribution in [2.45, 2.75) is 25.7 Å². The monoisotopic (exact) mass is 489 g/mol. The first-order chi connectivity index (χ1) is 16.3. The smallest absolute Gasteiger partial charge is 0.291 e. The van der Waals surface area contributed by atoms with Gasteiger partial charge in [-0.2, -0.15) is 4.31 Å². The molecule has 8 nitrogen and oxygen atoms in total. The van der Waals surface area contributed by atoms with E-state index in [1.165, 1.54) is 16.4 Å². The number of aryl methyl sites for hydroxylation is 1. The maximum Gasteiger partial charge on any atom is 0.291 e. The number of ether oxygens (including phenoxy) is 1. The van der Waals surface area contributed by atoms with Crippen LogP contribution >= 0.6 is 0 Å². The van der Waals surface area contributed by atoms with Gasteiger partial charge in [-0.25, -0.2) is 12.8 Å².